The smallest absolute Gasteiger partial charge is 0.243 e. The average Bonchev–Trinajstić information content (AvgIpc) is 3.38. The first kappa shape index (κ1) is 27.8. The van der Waals surface area contributed by atoms with E-state index in [-0.39, 0.29) is 30.8 Å². The highest BCUT2D eigenvalue weighted by molar-refractivity contribution is 6.42. The summed E-state index contributed by atoms with van der Waals surface area (Å²) in [4.78, 5) is 29.2. The predicted molar refractivity (Wildman–Crippen MR) is 152 cm³/mol. The Kier molecular flexibility index (Phi) is 9.77. The Balaban J connectivity index is 1.69. The fourth-order valence-corrected chi connectivity index (χ4v) is 5.48. The Hall–Kier alpha value is -2.24. The van der Waals surface area contributed by atoms with E-state index in [1.165, 1.54) is 0 Å². The van der Waals surface area contributed by atoms with Crippen molar-refractivity contribution in [3.63, 3.8) is 0 Å². The molecule has 2 amide bonds. The van der Waals surface area contributed by atoms with E-state index in [0.717, 1.165) is 36.8 Å². The summed E-state index contributed by atoms with van der Waals surface area (Å²) in [6, 6.07) is 19.4. The van der Waals surface area contributed by atoms with Crippen molar-refractivity contribution in [2.75, 3.05) is 0 Å². The van der Waals surface area contributed by atoms with Crippen molar-refractivity contribution in [3.05, 3.63) is 104 Å². The van der Waals surface area contributed by atoms with Gasteiger partial charge in [0.15, 0.2) is 0 Å². The lowest BCUT2D eigenvalue weighted by atomic mass is 10.0. The van der Waals surface area contributed by atoms with Crippen molar-refractivity contribution in [2.24, 2.45) is 0 Å². The Bertz CT molecular complexity index is 1250. The van der Waals surface area contributed by atoms with Crippen molar-refractivity contribution in [1.29, 1.82) is 0 Å². The lowest BCUT2D eigenvalue weighted by molar-refractivity contribution is -0.141. The van der Waals surface area contributed by atoms with Gasteiger partial charge in [-0.05, 0) is 53.8 Å². The predicted octanol–water partition coefficient (Wildman–Crippen LogP) is 7.54. The van der Waals surface area contributed by atoms with Crippen LogP contribution in [0.5, 0.6) is 0 Å². The van der Waals surface area contributed by atoms with Crippen LogP contribution in [0.3, 0.4) is 0 Å². The fourth-order valence-electron chi connectivity index (χ4n) is 4.69. The number of carbonyl (C=O) groups excluding carboxylic acids is 2. The maximum absolute atomic E-state index is 13.9. The van der Waals surface area contributed by atoms with Gasteiger partial charge in [-0.2, -0.15) is 0 Å². The van der Waals surface area contributed by atoms with E-state index >= 15 is 0 Å². The van der Waals surface area contributed by atoms with Gasteiger partial charge >= 0.3 is 0 Å². The van der Waals surface area contributed by atoms with Gasteiger partial charge < -0.3 is 10.2 Å². The summed E-state index contributed by atoms with van der Waals surface area (Å²) in [5.41, 5.74) is 2.38. The SMILES string of the molecule is O=C(NC1CCCC1)C(Cc1ccccc1)N(Cc1ccc(Cl)c(Cl)c1)C(=O)Cc1ccc(Cl)cc1Cl. The summed E-state index contributed by atoms with van der Waals surface area (Å²) in [5, 5.41) is 4.92. The first-order valence-corrected chi connectivity index (χ1v) is 13.8. The third kappa shape index (κ3) is 7.64. The van der Waals surface area contributed by atoms with Crippen LogP contribution in [0.1, 0.15) is 42.4 Å². The molecule has 1 fully saturated rings. The summed E-state index contributed by atoms with van der Waals surface area (Å²) in [5.74, 6) is -0.385. The minimum absolute atomic E-state index is 0.0271. The average molecular weight is 578 g/mol. The molecule has 37 heavy (non-hydrogen) atoms. The zero-order chi connectivity index (χ0) is 26.4. The summed E-state index contributed by atoms with van der Waals surface area (Å²) in [6.07, 6.45) is 4.49. The first-order chi connectivity index (χ1) is 17.8. The molecule has 0 radical (unpaired) electrons. The highest BCUT2D eigenvalue weighted by atomic mass is 35.5. The van der Waals surface area contributed by atoms with Crippen molar-refractivity contribution in [2.45, 2.75) is 57.2 Å². The minimum atomic E-state index is -0.726. The van der Waals surface area contributed by atoms with E-state index < -0.39 is 6.04 Å². The van der Waals surface area contributed by atoms with Crippen LogP contribution in [0.2, 0.25) is 20.1 Å². The molecule has 4 rings (SSSR count). The molecular formula is C29H28Cl4N2O2. The number of nitrogens with one attached hydrogen (secondary N) is 1. The molecule has 194 valence electrons. The monoisotopic (exact) mass is 576 g/mol. The molecule has 8 heteroatoms. The molecule has 3 aromatic carbocycles. The number of hydrogen-bond donors (Lipinski definition) is 1. The van der Waals surface area contributed by atoms with Gasteiger partial charge in [0.1, 0.15) is 6.04 Å². The highest BCUT2D eigenvalue weighted by Crippen LogP contribution is 2.26. The van der Waals surface area contributed by atoms with Crippen LogP contribution in [0, 0.1) is 0 Å². The maximum Gasteiger partial charge on any atom is 0.243 e. The minimum Gasteiger partial charge on any atom is -0.352 e. The van der Waals surface area contributed by atoms with Crippen LogP contribution in [-0.4, -0.2) is 28.8 Å². The van der Waals surface area contributed by atoms with E-state index in [2.05, 4.69) is 5.32 Å². The molecule has 0 aromatic heterocycles. The zero-order valence-corrected chi connectivity index (χ0v) is 23.3. The van der Waals surface area contributed by atoms with Gasteiger partial charge in [-0.25, -0.2) is 0 Å². The van der Waals surface area contributed by atoms with E-state index in [1.807, 2.05) is 36.4 Å². The van der Waals surface area contributed by atoms with Gasteiger partial charge in [0.05, 0.1) is 16.5 Å². The van der Waals surface area contributed by atoms with Crippen LogP contribution in [-0.2, 0) is 29.0 Å². The number of carbonyl (C=O) groups is 2. The van der Waals surface area contributed by atoms with Gasteiger partial charge in [0.25, 0.3) is 0 Å². The number of hydrogen-bond acceptors (Lipinski definition) is 2. The van der Waals surface area contributed by atoms with Crippen molar-refractivity contribution < 1.29 is 9.59 Å². The Labute approximate surface area is 237 Å². The van der Waals surface area contributed by atoms with Crippen molar-refractivity contribution in [1.82, 2.24) is 10.2 Å². The van der Waals surface area contributed by atoms with Crippen molar-refractivity contribution in [3.8, 4) is 0 Å². The molecule has 1 N–H and O–H groups in total. The molecule has 1 atom stereocenters. The third-order valence-electron chi connectivity index (χ3n) is 6.67. The Morgan fingerprint density at radius 3 is 2.24 bits per heavy atom. The normalized spacial score (nSPS) is 14.4. The van der Waals surface area contributed by atoms with Gasteiger partial charge in [0.2, 0.25) is 11.8 Å². The second-order valence-electron chi connectivity index (χ2n) is 9.38. The quantitative estimate of drug-likeness (QED) is 0.285. The second kappa shape index (κ2) is 13.0. The molecule has 0 saturated heterocycles. The zero-order valence-electron chi connectivity index (χ0n) is 20.2. The topological polar surface area (TPSA) is 49.4 Å². The van der Waals surface area contributed by atoms with Gasteiger partial charge in [-0.3, -0.25) is 9.59 Å². The van der Waals surface area contributed by atoms with Crippen LogP contribution >= 0.6 is 46.4 Å². The molecule has 1 saturated carbocycles. The van der Waals surface area contributed by atoms with E-state index in [1.54, 1.807) is 35.2 Å². The summed E-state index contributed by atoms with van der Waals surface area (Å²) in [6.45, 7) is 0.191. The molecule has 4 nitrogen and oxygen atoms in total. The largest absolute Gasteiger partial charge is 0.352 e. The van der Waals surface area contributed by atoms with E-state index in [9.17, 15) is 9.59 Å². The highest BCUT2D eigenvalue weighted by Gasteiger charge is 2.32. The third-order valence-corrected chi connectivity index (χ3v) is 7.99. The van der Waals surface area contributed by atoms with Gasteiger partial charge in [-0.1, -0.05) is 102 Å². The molecular weight excluding hydrogens is 550 g/mol. The summed E-state index contributed by atoms with van der Waals surface area (Å²) >= 11 is 24.9. The number of halogens is 4. The van der Waals surface area contributed by atoms with Crippen LogP contribution in [0.15, 0.2) is 66.7 Å². The molecule has 1 aliphatic carbocycles. The molecule has 0 bridgehead atoms. The van der Waals surface area contributed by atoms with E-state index in [0.29, 0.717) is 32.1 Å². The number of benzene rings is 3. The van der Waals surface area contributed by atoms with Crippen LogP contribution < -0.4 is 5.32 Å². The number of nitrogens with zero attached hydrogens (tertiary/aromatic N) is 1. The molecule has 3 aromatic rings. The maximum atomic E-state index is 13.9. The van der Waals surface area contributed by atoms with E-state index in [4.69, 9.17) is 46.4 Å². The number of rotatable bonds is 9. The van der Waals surface area contributed by atoms with Gasteiger partial charge in [-0.15, -0.1) is 0 Å². The molecule has 1 aliphatic rings. The van der Waals surface area contributed by atoms with Gasteiger partial charge in [0, 0.05) is 29.1 Å². The van der Waals surface area contributed by atoms with Crippen LogP contribution in [0.4, 0.5) is 0 Å². The summed E-state index contributed by atoms with van der Waals surface area (Å²) < 4.78 is 0. The lowest BCUT2D eigenvalue weighted by Crippen LogP contribution is -2.52. The standard InChI is InChI=1S/C29H28Cl4N2O2/c30-22-12-11-21(25(32)17-22)16-28(36)35(18-20-10-13-24(31)26(33)14-20)27(15-19-6-2-1-3-7-19)29(37)34-23-8-4-5-9-23/h1-3,6-7,10-14,17,23,27H,4-5,8-9,15-16,18H2,(H,34,37). The van der Waals surface area contributed by atoms with Crippen molar-refractivity contribution >= 4 is 58.2 Å². The molecule has 0 aliphatic heterocycles. The Morgan fingerprint density at radius 1 is 0.838 bits per heavy atom. The number of amides is 2. The fraction of sp³-hybridized carbons (Fsp3) is 0.310. The Morgan fingerprint density at radius 2 is 1.57 bits per heavy atom. The van der Waals surface area contributed by atoms with Crippen LogP contribution in [0.25, 0.3) is 0 Å². The molecule has 0 heterocycles. The second-order valence-corrected chi connectivity index (χ2v) is 11.0. The first-order valence-electron chi connectivity index (χ1n) is 12.3. The summed E-state index contributed by atoms with van der Waals surface area (Å²) in [7, 11) is 0. The lowest BCUT2D eigenvalue weighted by Gasteiger charge is -2.32. The molecule has 0 spiro atoms. The molecule has 1 unspecified atom stereocenters.